The third-order valence-corrected chi connectivity index (χ3v) is 4.08. The largest absolute Gasteiger partial charge is 0.439 e. The molecule has 24 heavy (non-hydrogen) atoms. The van der Waals surface area contributed by atoms with Gasteiger partial charge in [0, 0.05) is 16.1 Å². The number of nitrogens with zero attached hydrogens (tertiary/aromatic N) is 2. The molecule has 0 unspecified atom stereocenters. The first-order valence-electron chi connectivity index (χ1n) is 7.14. The number of halogens is 2. The van der Waals surface area contributed by atoms with Crippen molar-refractivity contribution in [2.24, 2.45) is 0 Å². The quantitative estimate of drug-likeness (QED) is 0.707. The van der Waals surface area contributed by atoms with Crippen LogP contribution in [0.5, 0.6) is 11.6 Å². The lowest BCUT2D eigenvalue weighted by atomic mass is 10.2. The topological polar surface area (TPSA) is 64.0 Å². The number of aromatic nitrogens is 1. The van der Waals surface area contributed by atoms with Crippen LogP contribution in [-0.4, -0.2) is 4.57 Å². The summed E-state index contributed by atoms with van der Waals surface area (Å²) in [6.07, 6.45) is 0. The van der Waals surface area contributed by atoms with Gasteiger partial charge in [-0.25, -0.2) is 0 Å². The number of nitriles is 1. The van der Waals surface area contributed by atoms with Crippen LogP contribution in [0.15, 0.2) is 54.6 Å². The van der Waals surface area contributed by atoms with Gasteiger partial charge in [0.2, 0.25) is 5.88 Å². The van der Waals surface area contributed by atoms with Crippen LogP contribution in [-0.2, 0) is 6.54 Å². The summed E-state index contributed by atoms with van der Waals surface area (Å²) in [5.74, 6) is 1.04. The number of ether oxygens (including phenoxy) is 1. The van der Waals surface area contributed by atoms with Crippen molar-refractivity contribution in [2.45, 2.75) is 6.54 Å². The number of nitrogens with two attached hydrogens (primary N) is 1. The second-order valence-electron chi connectivity index (χ2n) is 5.14. The molecule has 3 rings (SSSR count). The standard InChI is InChI=1S/C18H13Cl2N3O/c19-13-7-6-12(16(20)8-13)11-23-14(10-21)9-17(22)18(23)24-15-4-2-1-3-5-15/h1-9H,11,22H2. The molecule has 0 spiro atoms. The summed E-state index contributed by atoms with van der Waals surface area (Å²) in [6.45, 7) is 0.345. The van der Waals surface area contributed by atoms with Crippen LogP contribution in [0.3, 0.4) is 0 Å². The van der Waals surface area contributed by atoms with Crippen LogP contribution in [0.2, 0.25) is 10.0 Å². The van der Waals surface area contributed by atoms with Gasteiger partial charge in [-0.2, -0.15) is 5.26 Å². The second kappa shape index (κ2) is 6.88. The smallest absolute Gasteiger partial charge is 0.224 e. The summed E-state index contributed by atoms with van der Waals surface area (Å²) in [6, 6.07) is 18.2. The average Bonchev–Trinajstić information content (AvgIpc) is 2.87. The Morgan fingerprint density at radius 3 is 2.50 bits per heavy atom. The summed E-state index contributed by atoms with van der Waals surface area (Å²) < 4.78 is 7.57. The van der Waals surface area contributed by atoms with E-state index >= 15 is 0 Å². The Kier molecular flexibility index (Phi) is 4.66. The van der Waals surface area contributed by atoms with Gasteiger partial charge in [-0.1, -0.05) is 47.5 Å². The first-order valence-corrected chi connectivity index (χ1v) is 7.90. The highest BCUT2D eigenvalue weighted by Gasteiger charge is 2.17. The Balaban J connectivity index is 2.01. The lowest BCUT2D eigenvalue weighted by Gasteiger charge is -2.13. The van der Waals surface area contributed by atoms with E-state index in [1.165, 1.54) is 0 Å². The van der Waals surface area contributed by atoms with Crippen molar-refractivity contribution in [3.63, 3.8) is 0 Å². The van der Waals surface area contributed by atoms with E-state index in [2.05, 4.69) is 6.07 Å². The van der Waals surface area contributed by atoms with Crippen molar-refractivity contribution in [1.29, 1.82) is 5.26 Å². The zero-order chi connectivity index (χ0) is 17.1. The number of para-hydroxylation sites is 1. The summed E-state index contributed by atoms with van der Waals surface area (Å²) in [5, 5.41) is 10.4. The number of benzene rings is 2. The van der Waals surface area contributed by atoms with Gasteiger partial charge >= 0.3 is 0 Å². The van der Waals surface area contributed by atoms with Gasteiger partial charge in [-0.3, -0.25) is 4.57 Å². The maximum atomic E-state index is 9.38. The number of rotatable bonds is 4. The van der Waals surface area contributed by atoms with Gasteiger partial charge in [0.1, 0.15) is 17.5 Å². The van der Waals surface area contributed by atoms with Crippen molar-refractivity contribution >= 4 is 28.9 Å². The van der Waals surface area contributed by atoms with Crippen molar-refractivity contribution in [2.75, 3.05) is 5.73 Å². The lowest BCUT2D eigenvalue weighted by molar-refractivity contribution is 0.437. The normalized spacial score (nSPS) is 10.4. The molecule has 0 saturated heterocycles. The molecule has 0 amide bonds. The molecule has 2 N–H and O–H groups in total. The minimum absolute atomic E-state index is 0.345. The van der Waals surface area contributed by atoms with E-state index in [1.807, 2.05) is 36.4 Å². The van der Waals surface area contributed by atoms with Crippen molar-refractivity contribution in [3.05, 3.63) is 75.9 Å². The third-order valence-electron chi connectivity index (χ3n) is 3.49. The van der Waals surface area contributed by atoms with Crippen molar-refractivity contribution in [3.8, 4) is 17.7 Å². The van der Waals surface area contributed by atoms with Crippen LogP contribution in [0.4, 0.5) is 5.69 Å². The summed E-state index contributed by atoms with van der Waals surface area (Å²) in [7, 11) is 0. The molecule has 0 radical (unpaired) electrons. The molecular formula is C18H13Cl2N3O. The zero-order valence-corrected chi connectivity index (χ0v) is 14.1. The van der Waals surface area contributed by atoms with E-state index in [0.717, 1.165) is 5.56 Å². The number of hydrogen-bond donors (Lipinski definition) is 1. The molecular weight excluding hydrogens is 345 g/mol. The van der Waals surface area contributed by atoms with E-state index < -0.39 is 0 Å². The molecule has 6 heteroatoms. The molecule has 0 aliphatic carbocycles. The average molecular weight is 358 g/mol. The molecule has 4 nitrogen and oxygen atoms in total. The maximum absolute atomic E-state index is 9.38. The molecule has 0 aliphatic rings. The maximum Gasteiger partial charge on any atom is 0.224 e. The molecule has 1 heterocycles. The Bertz CT molecular complexity index is 914. The number of hydrogen-bond acceptors (Lipinski definition) is 3. The summed E-state index contributed by atoms with van der Waals surface area (Å²) in [4.78, 5) is 0. The first-order chi connectivity index (χ1) is 11.6. The number of anilines is 1. The first kappa shape index (κ1) is 16.3. The van der Waals surface area contributed by atoms with Gasteiger partial charge < -0.3 is 10.5 Å². The molecule has 0 aliphatic heterocycles. The Morgan fingerprint density at radius 1 is 1.08 bits per heavy atom. The Labute approximate surface area is 149 Å². The minimum atomic E-state index is 0.345. The molecule has 0 fully saturated rings. The predicted molar refractivity (Wildman–Crippen MR) is 95.6 cm³/mol. The molecule has 3 aromatic rings. The fourth-order valence-electron chi connectivity index (χ4n) is 2.34. The highest BCUT2D eigenvalue weighted by atomic mass is 35.5. The van der Waals surface area contributed by atoms with Gasteiger partial charge in [-0.15, -0.1) is 0 Å². The van der Waals surface area contributed by atoms with Gasteiger partial charge in [0.15, 0.2) is 0 Å². The van der Waals surface area contributed by atoms with Gasteiger partial charge in [-0.05, 0) is 29.8 Å². The van der Waals surface area contributed by atoms with Gasteiger partial charge in [0.05, 0.1) is 12.2 Å². The molecule has 120 valence electrons. The highest BCUT2D eigenvalue weighted by molar-refractivity contribution is 6.35. The fourth-order valence-corrected chi connectivity index (χ4v) is 2.80. The molecule has 0 atom stereocenters. The minimum Gasteiger partial charge on any atom is -0.439 e. The van der Waals surface area contributed by atoms with E-state index in [-0.39, 0.29) is 0 Å². The van der Waals surface area contributed by atoms with Crippen LogP contribution in [0.25, 0.3) is 0 Å². The molecule has 1 aromatic heterocycles. The van der Waals surface area contributed by atoms with Crippen molar-refractivity contribution in [1.82, 2.24) is 4.57 Å². The number of nitrogen functional groups attached to an aromatic ring is 1. The Morgan fingerprint density at radius 2 is 1.83 bits per heavy atom. The predicted octanol–water partition coefficient (Wildman–Crippen LogP) is 5.09. The van der Waals surface area contributed by atoms with Crippen LogP contribution in [0.1, 0.15) is 11.3 Å². The summed E-state index contributed by atoms with van der Waals surface area (Å²) >= 11 is 12.2. The summed E-state index contributed by atoms with van der Waals surface area (Å²) in [5.41, 5.74) is 7.62. The van der Waals surface area contributed by atoms with Gasteiger partial charge in [0.25, 0.3) is 0 Å². The van der Waals surface area contributed by atoms with E-state index in [9.17, 15) is 5.26 Å². The van der Waals surface area contributed by atoms with Crippen molar-refractivity contribution < 1.29 is 4.74 Å². The van der Waals surface area contributed by atoms with E-state index in [0.29, 0.717) is 39.6 Å². The lowest BCUT2D eigenvalue weighted by Crippen LogP contribution is -2.05. The third kappa shape index (κ3) is 3.33. The van der Waals surface area contributed by atoms with Crippen LogP contribution >= 0.6 is 23.2 Å². The van der Waals surface area contributed by atoms with Crippen LogP contribution < -0.4 is 10.5 Å². The van der Waals surface area contributed by atoms with E-state index in [4.69, 9.17) is 33.7 Å². The molecule has 2 aromatic carbocycles. The highest BCUT2D eigenvalue weighted by Crippen LogP contribution is 2.33. The fraction of sp³-hybridized carbons (Fsp3) is 0.0556. The molecule has 0 saturated carbocycles. The second-order valence-corrected chi connectivity index (χ2v) is 5.98. The Hall–Kier alpha value is -2.61. The molecule has 0 bridgehead atoms. The zero-order valence-electron chi connectivity index (χ0n) is 12.5. The van der Waals surface area contributed by atoms with E-state index in [1.54, 1.807) is 22.8 Å². The monoisotopic (exact) mass is 357 g/mol. The SMILES string of the molecule is N#Cc1cc(N)c(Oc2ccccc2)n1Cc1ccc(Cl)cc1Cl. The van der Waals surface area contributed by atoms with Crippen LogP contribution in [0, 0.1) is 11.3 Å².